The van der Waals surface area contributed by atoms with E-state index >= 15 is 0 Å². The van der Waals surface area contributed by atoms with Crippen molar-refractivity contribution in [3.8, 4) is 0 Å². The van der Waals surface area contributed by atoms with Crippen LogP contribution in [0.15, 0.2) is 18.2 Å². The van der Waals surface area contributed by atoms with E-state index in [9.17, 15) is 27.2 Å². The second-order valence-corrected chi connectivity index (χ2v) is 5.03. The third kappa shape index (κ3) is 3.59. The average molecular weight is 355 g/mol. The highest BCUT2D eigenvalue weighted by atomic mass is 19.2. The van der Waals surface area contributed by atoms with Gasteiger partial charge in [0.05, 0.1) is 0 Å². The molecule has 0 unspecified atom stereocenters. The van der Waals surface area contributed by atoms with E-state index in [1.165, 1.54) is 25.2 Å². The highest BCUT2D eigenvalue weighted by molar-refractivity contribution is 5.96. The Hall–Kier alpha value is -2.97. The van der Waals surface area contributed by atoms with Crippen LogP contribution in [-0.4, -0.2) is 23.8 Å². The van der Waals surface area contributed by atoms with Crippen LogP contribution >= 0.6 is 0 Å². The fourth-order valence-electron chi connectivity index (χ4n) is 2.02. The molecule has 0 aliphatic rings. The van der Waals surface area contributed by atoms with Gasteiger partial charge in [0.1, 0.15) is 11.4 Å². The van der Waals surface area contributed by atoms with Crippen LogP contribution in [0.1, 0.15) is 32.1 Å². The molecular formula is C16H13F4N3O2. The SMILES string of the molecule is CNC(=O)c1cccc(C(=O)NCc2c(F)c(F)c(C)c(F)c2F)n1. The molecule has 1 aromatic heterocycles. The molecule has 2 rings (SSSR count). The number of carbonyl (C=O) groups excluding carboxylic acids is 2. The first-order chi connectivity index (χ1) is 11.8. The summed E-state index contributed by atoms with van der Waals surface area (Å²) in [7, 11) is 1.38. The van der Waals surface area contributed by atoms with Crippen LogP contribution in [0.3, 0.4) is 0 Å². The number of hydrogen-bond donors (Lipinski definition) is 2. The second-order valence-electron chi connectivity index (χ2n) is 5.03. The molecule has 0 saturated heterocycles. The molecule has 2 aromatic rings. The number of nitrogens with one attached hydrogen (secondary N) is 2. The fourth-order valence-corrected chi connectivity index (χ4v) is 2.02. The van der Waals surface area contributed by atoms with Crippen LogP contribution < -0.4 is 10.6 Å². The number of benzene rings is 1. The van der Waals surface area contributed by atoms with Gasteiger partial charge in [0.2, 0.25) is 0 Å². The number of rotatable bonds is 4. The molecule has 2 N–H and O–H groups in total. The zero-order valence-electron chi connectivity index (χ0n) is 13.2. The minimum Gasteiger partial charge on any atom is -0.354 e. The average Bonchev–Trinajstić information content (AvgIpc) is 2.63. The number of hydrogen-bond acceptors (Lipinski definition) is 3. The minimum atomic E-state index is -1.58. The van der Waals surface area contributed by atoms with Gasteiger partial charge >= 0.3 is 0 Å². The van der Waals surface area contributed by atoms with E-state index in [1.54, 1.807) is 0 Å². The van der Waals surface area contributed by atoms with Crippen molar-refractivity contribution >= 4 is 11.8 Å². The zero-order chi connectivity index (χ0) is 18.7. The highest BCUT2D eigenvalue weighted by Gasteiger charge is 2.23. The summed E-state index contributed by atoms with van der Waals surface area (Å²) < 4.78 is 54.6. The molecule has 9 heteroatoms. The molecule has 0 aliphatic carbocycles. The molecule has 25 heavy (non-hydrogen) atoms. The number of carbonyl (C=O) groups is 2. The van der Waals surface area contributed by atoms with Crippen LogP contribution in [0.4, 0.5) is 17.6 Å². The van der Waals surface area contributed by atoms with Gasteiger partial charge in [0.25, 0.3) is 11.8 Å². The smallest absolute Gasteiger partial charge is 0.270 e. The highest BCUT2D eigenvalue weighted by Crippen LogP contribution is 2.23. The summed E-state index contributed by atoms with van der Waals surface area (Å²) in [6, 6.07) is 4.02. The predicted molar refractivity (Wildman–Crippen MR) is 79.8 cm³/mol. The molecule has 132 valence electrons. The van der Waals surface area contributed by atoms with Gasteiger partial charge < -0.3 is 10.6 Å². The Morgan fingerprint density at radius 2 is 1.48 bits per heavy atom. The maximum absolute atomic E-state index is 13.8. The van der Waals surface area contributed by atoms with Crippen molar-refractivity contribution in [2.24, 2.45) is 0 Å². The standard InChI is InChI=1S/C16H13F4N3O2/c1-7-11(17)13(19)8(14(20)12(7)18)6-22-16(25)10-5-3-4-9(23-10)15(24)21-2/h3-5H,6H2,1-2H3,(H,21,24)(H,22,25). The molecule has 0 radical (unpaired) electrons. The van der Waals surface area contributed by atoms with Gasteiger partial charge in [-0.1, -0.05) is 6.07 Å². The number of nitrogens with zero attached hydrogens (tertiary/aromatic N) is 1. The fraction of sp³-hybridized carbons (Fsp3) is 0.188. The molecule has 0 spiro atoms. The lowest BCUT2D eigenvalue weighted by Gasteiger charge is -2.11. The van der Waals surface area contributed by atoms with Crippen LogP contribution in [0, 0.1) is 30.2 Å². The molecule has 0 bridgehead atoms. The maximum Gasteiger partial charge on any atom is 0.270 e. The summed E-state index contributed by atoms with van der Waals surface area (Å²) >= 11 is 0. The third-order valence-electron chi connectivity index (χ3n) is 3.44. The Morgan fingerprint density at radius 1 is 0.960 bits per heavy atom. The third-order valence-corrected chi connectivity index (χ3v) is 3.44. The van der Waals surface area contributed by atoms with E-state index in [-0.39, 0.29) is 11.4 Å². The normalized spacial score (nSPS) is 10.5. The largest absolute Gasteiger partial charge is 0.354 e. The Bertz CT molecular complexity index is 827. The van der Waals surface area contributed by atoms with E-state index in [1.807, 2.05) is 0 Å². The summed E-state index contributed by atoms with van der Waals surface area (Å²) in [5, 5.41) is 4.43. The second kappa shape index (κ2) is 7.29. The predicted octanol–water partition coefficient (Wildman–Crippen LogP) is 2.24. The zero-order valence-corrected chi connectivity index (χ0v) is 13.2. The molecule has 1 heterocycles. The Balaban J connectivity index is 2.23. The molecule has 0 saturated carbocycles. The first-order valence-electron chi connectivity index (χ1n) is 7.06. The van der Waals surface area contributed by atoms with Crippen molar-refractivity contribution in [1.82, 2.24) is 15.6 Å². The van der Waals surface area contributed by atoms with Gasteiger partial charge in [0.15, 0.2) is 23.3 Å². The van der Waals surface area contributed by atoms with Gasteiger partial charge in [-0.05, 0) is 19.1 Å². The summed E-state index contributed by atoms with van der Waals surface area (Å²) in [6.45, 7) is 0.101. The van der Waals surface area contributed by atoms with Gasteiger partial charge in [-0.15, -0.1) is 0 Å². The van der Waals surface area contributed by atoms with Crippen LogP contribution in [0.5, 0.6) is 0 Å². The number of pyridine rings is 1. The Morgan fingerprint density at radius 3 is 2.00 bits per heavy atom. The van der Waals surface area contributed by atoms with Crippen molar-refractivity contribution in [1.29, 1.82) is 0 Å². The molecule has 1 aromatic carbocycles. The van der Waals surface area contributed by atoms with E-state index < -0.39 is 52.8 Å². The van der Waals surface area contributed by atoms with Crippen molar-refractivity contribution in [3.05, 3.63) is 64.0 Å². The lowest BCUT2D eigenvalue weighted by atomic mass is 10.1. The first-order valence-corrected chi connectivity index (χ1v) is 7.06. The summed E-state index contributed by atoms with van der Waals surface area (Å²) in [4.78, 5) is 27.3. The lowest BCUT2D eigenvalue weighted by Crippen LogP contribution is -2.27. The van der Waals surface area contributed by atoms with E-state index in [2.05, 4.69) is 15.6 Å². The summed E-state index contributed by atoms with van der Waals surface area (Å²) in [6.07, 6.45) is 0. The topological polar surface area (TPSA) is 71.1 Å². The summed E-state index contributed by atoms with van der Waals surface area (Å²) in [5.74, 6) is -7.61. The van der Waals surface area contributed by atoms with Crippen molar-refractivity contribution < 1.29 is 27.2 Å². The monoisotopic (exact) mass is 355 g/mol. The maximum atomic E-state index is 13.8. The molecule has 2 amide bonds. The van der Waals surface area contributed by atoms with E-state index in [0.29, 0.717) is 0 Å². The molecule has 0 aliphatic heterocycles. The van der Waals surface area contributed by atoms with E-state index in [4.69, 9.17) is 0 Å². The quantitative estimate of drug-likeness (QED) is 0.653. The lowest BCUT2D eigenvalue weighted by molar-refractivity contribution is 0.0943. The summed E-state index contributed by atoms with van der Waals surface area (Å²) in [5.41, 5.74) is -1.98. The Kier molecular flexibility index (Phi) is 5.35. The van der Waals surface area contributed by atoms with Gasteiger partial charge in [-0.25, -0.2) is 22.5 Å². The van der Waals surface area contributed by atoms with Gasteiger partial charge in [-0.2, -0.15) is 0 Å². The van der Waals surface area contributed by atoms with Crippen LogP contribution in [0.2, 0.25) is 0 Å². The molecule has 0 fully saturated rings. The van der Waals surface area contributed by atoms with E-state index in [0.717, 1.165) is 6.92 Å². The van der Waals surface area contributed by atoms with Crippen LogP contribution in [0.25, 0.3) is 0 Å². The van der Waals surface area contributed by atoms with Gasteiger partial charge in [0, 0.05) is 24.7 Å². The minimum absolute atomic E-state index is 0.0417. The Labute approximate surface area is 140 Å². The number of aromatic nitrogens is 1. The van der Waals surface area contributed by atoms with Crippen molar-refractivity contribution in [2.45, 2.75) is 13.5 Å². The first kappa shape index (κ1) is 18.4. The number of amides is 2. The molecular weight excluding hydrogens is 342 g/mol. The van der Waals surface area contributed by atoms with Crippen molar-refractivity contribution in [2.75, 3.05) is 7.05 Å². The molecule has 5 nitrogen and oxygen atoms in total. The molecule has 0 atom stereocenters. The number of halogens is 4. The van der Waals surface area contributed by atoms with Gasteiger partial charge in [-0.3, -0.25) is 9.59 Å². The van der Waals surface area contributed by atoms with Crippen molar-refractivity contribution in [3.63, 3.8) is 0 Å². The van der Waals surface area contributed by atoms with Crippen LogP contribution in [-0.2, 0) is 6.54 Å².